The number of carbonyl (C=O) groups is 1. The standard InChI is InChI=1S/C13H26N2O/c1-6-11-13(16)15(12(7-2)14-11)10(5)8-9(3)4/h9-12,14H,6-8H2,1-5H3. The Morgan fingerprint density at radius 3 is 2.31 bits per heavy atom. The maximum Gasteiger partial charge on any atom is 0.241 e. The van der Waals surface area contributed by atoms with Gasteiger partial charge in [0.2, 0.25) is 5.91 Å². The maximum absolute atomic E-state index is 12.2. The third kappa shape index (κ3) is 2.76. The zero-order valence-corrected chi connectivity index (χ0v) is 11.3. The Labute approximate surface area is 99.6 Å². The van der Waals surface area contributed by atoms with Crippen molar-refractivity contribution in [2.24, 2.45) is 5.92 Å². The third-order valence-corrected chi connectivity index (χ3v) is 3.36. The van der Waals surface area contributed by atoms with Gasteiger partial charge in [-0.25, -0.2) is 0 Å². The summed E-state index contributed by atoms with van der Waals surface area (Å²) in [5.41, 5.74) is 0. The van der Waals surface area contributed by atoms with Crippen molar-refractivity contribution in [2.45, 2.75) is 72.1 Å². The van der Waals surface area contributed by atoms with Gasteiger partial charge in [-0.2, -0.15) is 0 Å². The van der Waals surface area contributed by atoms with Crippen LogP contribution in [0.1, 0.15) is 53.9 Å². The zero-order chi connectivity index (χ0) is 12.3. The lowest BCUT2D eigenvalue weighted by molar-refractivity contribution is -0.132. The summed E-state index contributed by atoms with van der Waals surface area (Å²) in [4.78, 5) is 14.3. The van der Waals surface area contributed by atoms with Gasteiger partial charge in [-0.1, -0.05) is 27.7 Å². The van der Waals surface area contributed by atoms with E-state index in [4.69, 9.17) is 0 Å². The van der Waals surface area contributed by atoms with Crippen LogP contribution in [0.15, 0.2) is 0 Å². The molecule has 1 fully saturated rings. The van der Waals surface area contributed by atoms with Crippen molar-refractivity contribution in [3.8, 4) is 0 Å². The average Bonchev–Trinajstić information content (AvgIpc) is 2.53. The number of nitrogens with one attached hydrogen (secondary N) is 1. The molecule has 3 atom stereocenters. The highest BCUT2D eigenvalue weighted by Gasteiger charge is 2.39. The molecule has 0 aromatic carbocycles. The minimum atomic E-state index is 0.0413. The molecule has 0 aliphatic carbocycles. The van der Waals surface area contributed by atoms with E-state index in [0.29, 0.717) is 17.9 Å². The molecule has 0 aromatic rings. The molecule has 1 amide bonds. The molecule has 16 heavy (non-hydrogen) atoms. The number of carbonyl (C=O) groups excluding carboxylic acids is 1. The van der Waals surface area contributed by atoms with Gasteiger partial charge in [0, 0.05) is 6.04 Å². The van der Waals surface area contributed by atoms with Crippen molar-refractivity contribution in [2.75, 3.05) is 0 Å². The minimum absolute atomic E-state index is 0.0413. The fraction of sp³-hybridized carbons (Fsp3) is 0.923. The first-order valence-electron chi connectivity index (χ1n) is 6.59. The lowest BCUT2D eigenvalue weighted by atomic mass is 10.0. The second-order valence-corrected chi connectivity index (χ2v) is 5.28. The lowest BCUT2D eigenvalue weighted by Crippen LogP contribution is -2.43. The van der Waals surface area contributed by atoms with E-state index in [1.165, 1.54) is 0 Å². The fourth-order valence-electron chi connectivity index (χ4n) is 2.64. The topological polar surface area (TPSA) is 32.3 Å². The van der Waals surface area contributed by atoms with Crippen molar-refractivity contribution in [1.29, 1.82) is 0 Å². The molecular formula is C13H26N2O. The number of rotatable bonds is 5. The Bertz CT molecular complexity index is 240. The monoisotopic (exact) mass is 226 g/mol. The molecule has 0 aromatic heterocycles. The summed E-state index contributed by atoms with van der Waals surface area (Å²) in [6.07, 6.45) is 3.21. The molecule has 94 valence electrons. The van der Waals surface area contributed by atoms with Gasteiger partial charge >= 0.3 is 0 Å². The summed E-state index contributed by atoms with van der Waals surface area (Å²) in [5.74, 6) is 0.934. The molecule has 1 rings (SSSR count). The molecule has 1 N–H and O–H groups in total. The summed E-state index contributed by atoms with van der Waals surface area (Å²) in [5, 5.41) is 3.42. The molecular weight excluding hydrogens is 200 g/mol. The molecule has 0 saturated carbocycles. The van der Waals surface area contributed by atoms with Crippen LogP contribution in [-0.2, 0) is 4.79 Å². The summed E-state index contributed by atoms with van der Waals surface area (Å²) < 4.78 is 0. The van der Waals surface area contributed by atoms with E-state index in [0.717, 1.165) is 19.3 Å². The van der Waals surface area contributed by atoms with Gasteiger partial charge < -0.3 is 4.90 Å². The summed E-state index contributed by atoms with van der Waals surface area (Å²) in [6, 6.07) is 0.390. The first-order chi connectivity index (χ1) is 7.51. The van der Waals surface area contributed by atoms with Crippen LogP contribution in [-0.4, -0.2) is 29.1 Å². The van der Waals surface area contributed by atoms with E-state index in [1.807, 2.05) is 0 Å². The largest absolute Gasteiger partial charge is 0.323 e. The quantitative estimate of drug-likeness (QED) is 0.780. The van der Waals surface area contributed by atoms with Gasteiger partial charge in [0.05, 0.1) is 12.2 Å². The molecule has 3 unspecified atom stereocenters. The summed E-state index contributed by atoms with van der Waals surface area (Å²) in [7, 11) is 0. The molecule has 1 saturated heterocycles. The van der Waals surface area contributed by atoms with Crippen LogP contribution in [0.5, 0.6) is 0 Å². The Balaban J connectivity index is 2.71. The lowest BCUT2D eigenvalue weighted by Gasteiger charge is -2.30. The van der Waals surface area contributed by atoms with E-state index < -0.39 is 0 Å². The van der Waals surface area contributed by atoms with E-state index in [2.05, 4.69) is 44.8 Å². The molecule has 3 nitrogen and oxygen atoms in total. The Morgan fingerprint density at radius 1 is 1.25 bits per heavy atom. The Morgan fingerprint density at radius 2 is 1.88 bits per heavy atom. The van der Waals surface area contributed by atoms with E-state index in [-0.39, 0.29) is 12.2 Å². The first-order valence-corrected chi connectivity index (χ1v) is 6.59. The smallest absolute Gasteiger partial charge is 0.241 e. The molecule has 1 aliphatic rings. The zero-order valence-electron chi connectivity index (χ0n) is 11.3. The van der Waals surface area contributed by atoms with E-state index >= 15 is 0 Å². The van der Waals surface area contributed by atoms with Gasteiger partial charge in [0.1, 0.15) is 0 Å². The Hall–Kier alpha value is -0.570. The third-order valence-electron chi connectivity index (χ3n) is 3.36. The second kappa shape index (κ2) is 5.67. The van der Waals surface area contributed by atoms with Crippen LogP contribution >= 0.6 is 0 Å². The van der Waals surface area contributed by atoms with Crippen molar-refractivity contribution in [1.82, 2.24) is 10.2 Å². The predicted octanol–water partition coefficient (Wildman–Crippen LogP) is 2.37. The van der Waals surface area contributed by atoms with Gasteiger partial charge in [-0.3, -0.25) is 10.1 Å². The predicted molar refractivity (Wildman–Crippen MR) is 67.1 cm³/mol. The van der Waals surface area contributed by atoms with Gasteiger partial charge in [0.25, 0.3) is 0 Å². The number of amides is 1. The SMILES string of the molecule is CCC1NC(CC)N(C(C)CC(C)C)C1=O. The second-order valence-electron chi connectivity index (χ2n) is 5.28. The first kappa shape index (κ1) is 13.5. The molecule has 0 bridgehead atoms. The van der Waals surface area contributed by atoms with Crippen molar-refractivity contribution < 1.29 is 4.79 Å². The molecule has 1 aliphatic heterocycles. The van der Waals surface area contributed by atoms with E-state index in [1.54, 1.807) is 0 Å². The van der Waals surface area contributed by atoms with Crippen molar-refractivity contribution in [3.05, 3.63) is 0 Å². The molecule has 0 radical (unpaired) electrons. The normalized spacial score (nSPS) is 27.9. The van der Waals surface area contributed by atoms with Crippen LogP contribution in [0.2, 0.25) is 0 Å². The van der Waals surface area contributed by atoms with Crippen LogP contribution in [0.25, 0.3) is 0 Å². The van der Waals surface area contributed by atoms with Crippen molar-refractivity contribution >= 4 is 5.91 Å². The summed E-state index contributed by atoms with van der Waals surface area (Å²) >= 11 is 0. The van der Waals surface area contributed by atoms with Gasteiger partial charge in [0.15, 0.2) is 0 Å². The molecule has 1 heterocycles. The summed E-state index contributed by atoms with van der Waals surface area (Å²) in [6.45, 7) is 10.8. The highest BCUT2D eigenvalue weighted by Crippen LogP contribution is 2.22. The number of nitrogens with zero attached hydrogens (tertiary/aromatic N) is 1. The van der Waals surface area contributed by atoms with E-state index in [9.17, 15) is 4.79 Å². The maximum atomic E-state index is 12.2. The average molecular weight is 226 g/mol. The molecule has 0 spiro atoms. The van der Waals surface area contributed by atoms with Crippen molar-refractivity contribution in [3.63, 3.8) is 0 Å². The fourth-order valence-corrected chi connectivity index (χ4v) is 2.64. The van der Waals surface area contributed by atoms with Crippen LogP contribution < -0.4 is 5.32 Å². The van der Waals surface area contributed by atoms with Gasteiger partial charge in [-0.15, -0.1) is 0 Å². The van der Waals surface area contributed by atoms with Crippen LogP contribution in [0.4, 0.5) is 0 Å². The number of hydrogen-bond acceptors (Lipinski definition) is 2. The van der Waals surface area contributed by atoms with Crippen LogP contribution in [0.3, 0.4) is 0 Å². The Kier molecular flexibility index (Phi) is 4.78. The molecule has 3 heteroatoms. The minimum Gasteiger partial charge on any atom is -0.323 e. The van der Waals surface area contributed by atoms with Gasteiger partial charge in [-0.05, 0) is 32.1 Å². The number of hydrogen-bond donors (Lipinski definition) is 1. The highest BCUT2D eigenvalue weighted by atomic mass is 16.2. The highest BCUT2D eigenvalue weighted by molar-refractivity contribution is 5.84. The van der Waals surface area contributed by atoms with Crippen LogP contribution in [0, 0.1) is 5.92 Å².